The molecule has 8 bridgehead atoms. The largest absolute Gasteiger partial charge is 0.462 e. The number of halogens is 8. The fraction of sp³-hybridized carbons (Fsp3) is 0.154. The maximum atomic E-state index is 19.6. The number of aromatic nitrogens is 8. The van der Waals surface area contributed by atoms with Crippen LogP contribution in [-0.4, -0.2) is 140 Å². The zero-order valence-corrected chi connectivity index (χ0v) is 76.6. The lowest BCUT2D eigenvalue weighted by Crippen LogP contribution is -2.05. The van der Waals surface area contributed by atoms with E-state index in [2.05, 4.69) is 39.9 Å². The third kappa shape index (κ3) is 19.4. The highest BCUT2D eigenvalue weighted by atomic mass is 19.2. The third-order valence-electron chi connectivity index (χ3n) is 21.5. The van der Waals surface area contributed by atoms with Crippen molar-refractivity contribution in [3.63, 3.8) is 0 Å². The van der Waals surface area contributed by atoms with Crippen LogP contribution in [-0.2, 0) is 37.9 Å². The monoisotopic (exact) mass is 1970 g/mol. The molecule has 2 N–H and O–H groups in total. The topological polar surface area (TPSA) is 393 Å². The predicted octanol–water partition coefficient (Wildman–Crippen LogP) is 23.7. The van der Waals surface area contributed by atoms with Crippen LogP contribution in [0.15, 0.2) is 194 Å². The Morgan fingerprint density at radius 2 is 0.319 bits per heavy atom. The van der Waals surface area contributed by atoms with Crippen molar-refractivity contribution in [2.75, 3.05) is 52.9 Å². The first kappa shape index (κ1) is 97.3. The van der Waals surface area contributed by atoms with E-state index < -0.39 is 230 Å². The molecule has 0 amide bonds. The lowest BCUT2D eigenvalue weighted by Gasteiger charge is -2.17. The number of ether oxygens (including phenoxy) is 16. The Morgan fingerprint density at radius 3 is 0.444 bits per heavy atom. The van der Waals surface area contributed by atoms with Gasteiger partial charge in [0.25, 0.3) is 0 Å². The molecule has 2 aliphatic rings. The lowest BCUT2D eigenvalue weighted by atomic mass is 10.0. The van der Waals surface area contributed by atoms with E-state index >= 15 is 35.1 Å². The predicted molar refractivity (Wildman–Crippen MR) is 495 cm³/mol. The van der Waals surface area contributed by atoms with Gasteiger partial charge in [-0.15, -0.1) is 0 Å². The van der Waals surface area contributed by atoms with E-state index in [0.29, 0.717) is 0 Å². The molecule has 32 nitrogen and oxygen atoms in total. The van der Waals surface area contributed by atoms with Gasteiger partial charge < -0.3 is 85.8 Å². The van der Waals surface area contributed by atoms with Crippen LogP contribution in [0, 0.1) is 46.5 Å². The Kier molecular flexibility index (Phi) is 28.2. The van der Waals surface area contributed by atoms with Gasteiger partial charge in [-0.05, 0) is 250 Å². The van der Waals surface area contributed by atoms with Crippen molar-refractivity contribution < 1.29 is 149 Å². The van der Waals surface area contributed by atoms with Gasteiger partial charge in [0.1, 0.15) is 68.6 Å². The smallest absolute Gasteiger partial charge is 0.338 e. The van der Waals surface area contributed by atoms with Crippen molar-refractivity contribution in [1.82, 2.24) is 39.9 Å². The number of nitrogens with zero attached hydrogens (tertiary/aromatic N) is 6. The van der Waals surface area contributed by atoms with Gasteiger partial charge in [0.05, 0.1) is 141 Å². The molecule has 2 aliphatic heterocycles. The summed E-state index contributed by atoms with van der Waals surface area (Å²) in [5.41, 5.74) is -9.33. The van der Waals surface area contributed by atoms with E-state index in [4.69, 9.17) is 75.8 Å². The summed E-state index contributed by atoms with van der Waals surface area (Å²) in [6.07, 6.45) is 0. The molecule has 0 saturated heterocycles. The van der Waals surface area contributed by atoms with Crippen molar-refractivity contribution in [2.45, 2.75) is 55.4 Å². The van der Waals surface area contributed by atoms with Gasteiger partial charge in [0.15, 0.2) is 69.8 Å². The standard InChI is InChI=1S/C104H74F8N8O24/c1-9-129-97(121)49-17-33-57(34-18-49)137-81-73(105)65-66(74(106)82(81)138-58-35-19-50(20-36-58)98(122)130-10-2)90-113-89(65)117-91-67-68(76(108)84(140-60-39-23-52(24-40-60)100(124)132-12-4)83(75(67)107)139-59-37-21-51(22-38-59)99(123)131-11-3)93(114-91)119-95-71-72(80(112)88(144-64-47-31-56(32-48-64)104(128)136-16-8)87(79(71)111)143-63-45-29-55(30-46-63)103(127)135-15-7)96(116-95)120-94-70-69(92(115-94)118-90)77(109)85(141-61-41-25-53(26-42-61)101(125)133-13-5)86(78(70)110)142-62-43-27-54(28-44-62)102(126)134-14-6/h17-48H,9-16H2,1-8H3,(H2,113,114,115,116,117,118,119,120). The highest BCUT2D eigenvalue weighted by Gasteiger charge is 2.41. The Labute approximate surface area is 808 Å². The lowest BCUT2D eigenvalue weighted by molar-refractivity contribution is 0.0516. The molecule has 0 radical (unpaired) electrons. The van der Waals surface area contributed by atoms with Gasteiger partial charge in [0.2, 0.25) is 46.0 Å². The number of benzene rings is 12. The third-order valence-corrected chi connectivity index (χ3v) is 21.5. The summed E-state index contributed by atoms with van der Waals surface area (Å²) in [5.74, 6) is -37.5. The van der Waals surface area contributed by atoms with Crippen LogP contribution >= 0.6 is 0 Å². The minimum absolute atomic E-state index is 0.0606. The first-order chi connectivity index (χ1) is 69.6. The number of hydrogen-bond acceptors (Lipinski definition) is 30. The maximum absolute atomic E-state index is 19.6. The van der Waals surface area contributed by atoms with Crippen LogP contribution in [0.5, 0.6) is 92.0 Å². The van der Waals surface area contributed by atoms with E-state index in [1.807, 2.05) is 0 Å². The summed E-state index contributed by atoms with van der Waals surface area (Å²) in [6.45, 7) is 11.8. The van der Waals surface area contributed by atoms with Crippen molar-refractivity contribution in [3.05, 3.63) is 285 Å². The molecule has 15 aromatic rings. The minimum Gasteiger partial charge on any atom is -0.462 e. The number of fused-ring (bicyclic) bond motifs is 20. The van der Waals surface area contributed by atoms with E-state index in [9.17, 15) is 38.4 Å². The molecular formula is C104H74F8N8O24. The van der Waals surface area contributed by atoms with Crippen LogP contribution in [0.4, 0.5) is 35.1 Å². The van der Waals surface area contributed by atoms with Crippen LogP contribution in [0.2, 0.25) is 0 Å². The van der Waals surface area contributed by atoms with Crippen LogP contribution in [0.1, 0.15) is 138 Å². The Bertz CT molecular complexity index is 6950. The molecule has 0 aliphatic carbocycles. The van der Waals surface area contributed by atoms with E-state index in [1.54, 1.807) is 55.4 Å². The number of H-pyrrole nitrogens is 2. The molecule has 144 heavy (non-hydrogen) atoms. The van der Waals surface area contributed by atoms with Crippen molar-refractivity contribution in [2.24, 2.45) is 0 Å². The van der Waals surface area contributed by atoms with Crippen LogP contribution < -0.4 is 37.9 Å². The van der Waals surface area contributed by atoms with E-state index in [1.165, 1.54) is 97.1 Å². The molecule has 12 aromatic carbocycles. The van der Waals surface area contributed by atoms with Crippen LogP contribution in [0.25, 0.3) is 89.7 Å². The molecule has 0 spiro atoms. The summed E-state index contributed by atoms with van der Waals surface area (Å²) in [5, 5.41) is -4.50. The zero-order valence-electron chi connectivity index (χ0n) is 76.6. The molecule has 5 heterocycles. The molecule has 0 unspecified atom stereocenters. The van der Waals surface area contributed by atoms with Crippen molar-refractivity contribution in [1.29, 1.82) is 0 Å². The SMILES string of the molecule is CCOC(=O)c1ccc(Oc2c(F)c3c(c(F)c2Oc2ccc(C(=O)OCC)cc2)-c2nc-3nc3[nH]c(nc4nc(nc5[nH]c(n2)c2c(F)c(Oc6ccc(C(=O)OCC)cc6)c(Oc6ccc(C(=O)OCC)cc6)c(F)c52)-c2c(F)c(Oc5ccc(C(=O)OCC)cc5)c(Oc5ccc(C(=O)OCC)cc5)c(F)c2-4)c2c(F)c(Oc4ccc(C(=O)OCC)cc4)c(Oc4ccc(C(=O)OCC)cc4)c(F)c32)cc1. The molecule has 3 aromatic heterocycles. The molecule has 0 saturated carbocycles. The molecular weight excluding hydrogens is 1900 g/mol. The first-order valence-electron chi connectivity index (χ1n) is 44.3. The summed E-state index contributed by atoms with van der Waals surface area (Å²) >= 11 is 0. The van der Waals surface area contributed by atoms with Gasteiger partial charge in [-0.3, -0.25) is 0 Å². The Morgan fingerprint density at radius 1 is 0.194 bits per heavy atom. The Hall–Kier alpha value is -18.4. The molecule has 0 fully saturated rings. The van der Waals surface area contributed by atoms with Gasteiger partial charge in [-0.2, -0.15) is 0 Å². The number of hydrogen-bond donors (Lipinski definition) is 2. The Balaban J connectivity index is 1.04. The van der Waals surface area contributed by atoms with Crippen molar-refractivity contribution in [3.8, 4) is 138 Å². The van der Waals surface area contributed by atoms with Gasteiger partial charge in [-0.25, -0.2) is 103 Å². The summed E-state index contributed by atoms with van der Waals surface area (Å²) in [6, 6.07) is 37.4. The molecule has 17 rings (SSSR count). The van der Waals surface area contributed by atoms with Gasteiger partial charge in [-0.1, -0.05) is 0 Å². The number of carbonyl (C=O) groups excluding carboxylic acids is 8. The van der Waals surface area contributed by atoms with E-state index in [-0.39, 0.29) is 143 Å². The first-order valence-corrected chi connectivity index (χ1v) is 44.3. The fourth-order valence-electron chi connectivity index (χ4n) is 15.0. The highest BCUT2D eigenvalue weighted by Crippen LogP contribution is 2.56. The highest BCUT2D eigenvalue weighted by molar-refractivity contribution is 6.10. The normalized spacial score (nSPS) is 11.2. The second-order valence-electron chi connectivity index (χ2n) is 30.5. The fourth-order valence-corrected chi connectivity index (χ4v) is 15.0. The second-order valence-corrected chi connectivity index (χ2v) is 30.5. The number of carbonyl (C=O) groups is 8. The maximum Gasteiger partial charge on any atom is 0.338 e. The summed E-state index contributed by atoms with van der Waals surface area (Å²) in [4.78, 5) is 138. The average molecular weight is 1970 g/mol. The van der Waals surface area contributed by atoms with Gasteiger partial charge in [0, 0.05) is 0 Å². The molecule has 0 atom stereocenters. The van der Waals surface area contributed by atoms with E-state index in [0.717, 1.165) is 97.1 Å². The summed E-state index contributed by atoms with van der Waals surface area (Å²) in [7, 11) is 0. The van der Waals surface area contributed by atoms with Gasteiger partial charge >= 0.3 is 47.8 Å². The number of aromatic amines is 2. The zero-order chi connectivity index (χ0) is 102. The summed E-state index contributed by atoms with van der Waals surface area (Å²) < 4.78 is 248. The number of nitrogens with one attached hydrogen (secondary N) is 2. The minimum atomic E-state index is -1.73. The number of rotatable bonds is 32. The average Bonchev–Trinajstić information content (AvgIpc) is 1.56. The number of esters is 8. The second kappa shape index (κ2) is 41.7. The quantitative estimate of drug-likeness (QED) is 0.0225. The molecule has 730 valence electrons. The van der Waals surface area contributed by atoms with Crippen LogP contribution in [0.3, 0.4) is 0 Å². The van der Waals surface area contributed by atoms with Crippen molar-refractivity contribution >= 4 is 91.9 Å². The molecule has 40 heteroatoms.